The van der Waals surface area contributed by atoms with Crippen molar-refractivity contribution in [1.82, 2.24) is 14.9 Å². The van der Waals surface area contributed by atoms with Gasteiger partial charge >= 0.3 is 0 Å². The van der Waals surface area contributed by atoms with E-state index in [1.54, 1.807) is 12.3 Å². The van der Waals surface area contributed by atoms with Gasteiger partial charge < -0.3 is 10.5 Å². The van der Waals surface area contributed by atoms with Crippen LogP contribution in [0.15, 0.2) is 12.3 Å². The normalized spacial score (nSPS) is 11.5. The van der Waals surface area contributed by atoms with Crippen molar-refractivity contribution >= 4 is 5.95 Å². The number of ether oxygens (including phenoxy) is 1. The molecule has 1 aromatic rings. The molecule has 0 radical (unpaired) electrons. The maximum atomic E-state index is 5.61. The Kier molecular flexibility index (Phi) is 6.56. The average Bonchev–Trinajstić information content (AvgIpc) is 2.27. The number of nitrogens with two attached hydrogens (primary N) is 1. The summed E-state index contributed by atoms with van der Waals surface area (Å²) in [6.07, 6.45) is 1.61. The van der Waals surface area contributed by atoms with Crippen LogP contribution in [0.2, 0.25) is 0 Å². The molecule has 0 saturated carbocycles. The van der Waals surface area contributed by atoms with E-state index in [0.29, 0.717) is 24.3 Å². The van der Waals surface area contributed by atoms with Crippen molar-refractivity contribution in [1.29, 1.82) is 0 Å². The molecular formula is C14H26N4O. The van der Waals surface area contributed by atoms with Crippen LogP contribution in [0.1, 0.15) is 27.7 Å². The first-order valence-corrected chi connectivity index (χ1v) is 6.91. The maximum Gasteiger partial charge on any atom is 0.223 e. The zero-order valence-corrected chi connectivity index (χ0v) is 12.5. The minimum absolute atomic E-state index is 0.249. The van der Waals surface area contributed by atoms with Gasteiger partial charge in [0.1, 0.15) is 6.61 Å². The Labute approximate surface area is 116 Å². The molecule has 19 heavy (non-hydrogen) atoms. The molecular weight excluding hydrogens is 240 g/mol. The van der Waals surface area contributed by atoms with Gasteiger partial charge in [-0.15, -0.1) is 0 Å². The molecule has 1 aromatic heterocycles. The standard InChI is InChI=1S/C14H26N4O/c1-11(2)9-18(10-12(3)4)7-8-19-13-5-6-16-14(15)17-13/h5-6,11-12H,7-10H2,1-4H3,(H2,15,16,17). The predicted molar refractivity (Wildman–Crippen MR) is 78.1 cm³/mol. The lowest BCUT2D eigenvalue weighted by atomic mass is 10.1. The number of nitrogen functional groups attached to an aromatic ring is 1. The summed E-state index contributed by atoms with van der Waals surface area (Å²) in [5.41, 5.74) is 5.51. The highest BCUT2D eigenvalue weighted by molar-refractivity contribution is 5.20. The number of aromatic nitrogens is 2. The van der Waals surface area contributed by atoms with Gasteiger partial charge in [0.2, 0.25) is 11.8 Å². The van der Waals surface area contributed by atoms with Gasteiger partial charge in [0, 0.05) is 31.9 Å². The van der Waals surface area contributed by atoms with E-state index < -0.39 is 0 Å². The van der Waals surface area contributed by atoms with E-state index in [9.17, 15) is 0 Å². The lowest BCUT2D eigenvalue weighted by Gasteiger charge is -2.25. The summed E-state index contributed by atoms with van der Waals surface area (Å²) in [5, 5.41) is 0. The fourth-order valence-corrected chi connectivity index (χ4v) is 2.01. The minimum Gasteiger partial charge on any atom is -0.476 e. The summed E-state index contributed by atoms with van der Waals surface area (Å²) < 4.78 is 5.61. The molecule has 0 unspecified atom stereocenters. The molecule has 0 aliphatic heterocycles. The molecule has 0 aliphatic rings. The zero-order chi connectivity index (χ0) is 14.3. The average molecular weight is 266 g/mol. The highest BCUT2D eigenvalue weighted by Gasteiger charge is 2.09. The van der Waals surface area contributed by atoms with Crippen molar-refractivity contribution < 1.29 is 4.74 Å². The SMILES string of the molecule is CC(C)CN(CCOc1ccnc(N)n1)CC(C)C. The van der Waals surface area contributed by atoms with E-state index in [-0.39, 0.29) is 5.95 Å². The summed E-state index contributed by atoms with van der Waals surface area (Å²) in [4.78, 5) is 10.3. The highest BCUT2D eigenvalue weighted by atomic mass is 16.5. The van der Waals surface area contributed by atoms with Crippen molar-refractivity contribution in [2.45, 2.75) is 27.7 Å². The van der Waals surface area contributed by atoms with Crippen molar-refractivity contribution in [2.75, 3.05) is 32.0 Å². The summed E-state index contributed by atoms with van der Waals surface area (Å²) in [6.45, 7) is 12.6. The monoisotopic (exact) mass is 266 g/mol. The molecule has 2 N–H and O–H groups in total. The molecule has 0 aliphatic carbocycles. The van der Waals surface area contributed by atoms with Crippen LogP contribution in [0.3, 0.4) is 0 Å². The topological polar surface area (TPSA) is 64.3 Å². The van der Waals surface area contributed by atoms with E-state index in [2.05, 4.69) is 42.6 Å². The van der Waals surface area contributed by atoms with Crippen molar-refractivity contribution in [3.63, 3.8) is 0 Å². The molecule has 0 bridgehead atoms. The molecule has 0 fully saturated rings. The molecule has 5 heteroatoms. The van der Waals surface area contributed by atoms with Crippen LogP contribution in [0.5, 0.6) is 5.88 Å². The third-order valence-electron chi connectivity index (χ3n) is 2.55. The van der Waals surface area contributed by atoms with Gasteiger partial charge in [0.15, 0.2) is 0 Å². The van der Waals surface area contributed by atoms with Crippen molar-refractivity contribution in [3.8, 4) is 5.88 Å². The Morgan fingerprint density at radius 1 is 1.21 bits per heavy atom. The quantitative estimate of drug-likeness (QED) is 0.780. The molecule has 0 aromatic carbocycles. The summed E-state index contributed by atoms with van der Waals surface area (Å²) in [5.74, 6) is 2.11. The first kappa shape index (κ1) is 15.7. The van der Waals surface area contributed by atoms with Gasteiger partial charge in [-0.05, 0) is 11.8 Å². The van der Waals surface area contributed by atoms with Crippen LogP contribution in [0.25, 0.3) is 0 Å². The first-order valence-electron chi connectivity index (χ1n) is 6.91. The van der Waals surface area contributed by atoms with Crippen molar-refractivity contribution in [3.05, 3.63) is 12.3 Å². The summed E-state index contributed by atoms with van der Waals surface area (Å²) in [6, 6.07) is 1.73. The van der Waals surface area contributed by atoms with E-state index >= 15 is 0 Å². The Bertz CT molecular complexity index is 358. The lowest BCUT2D eigenvalue weighted by molar-refractivity contribution is 0.175. The van der Waals surface area contributed by atoms with Gasteiger partial charge in [-0.3, -0.25) is 4.90 Å². The zero-order valence-electron chi connectivity index (χ0n) is 12.5. The fourth-order valence-electron chi connectivity index (χ4n) is 2.01. The van der Waals surface area contributed by atoms with E-state index in [1.807, 2.05) is 0 Å². The second-order valence-electron chi connectivity index (χ2n) is 5.65. The Hall–Kier alpha value is -1.36. The molecule has 0 spiro atoms. The lowest BCUT2D eigenvalue weighted by Crippen LogP contribution is -2.34. The van der Waals surface area contributed by atoms with Crippen LogP contribution in [-0.4, -0.2) is 41.1 Å². The van der Waals surface area contributed by atoms with E-state index in [0.717, 1.165) is 19.6 Å². The van der Waals surface area contributed by atoms with Gasteiger partial charge in [-0.2, -0.15) is 4.98 Å². The number of nitrogens with zero attached hydrogens (tertiary/aromatic N) is 3. The third-order valence-corrected chi connectivity index (χ3v) is 2.55. The van der Waals surface area contributed by atoms with Gasteiger partial charge in [-0.25, -0.2) is 4.98 Å². The van der Waals surface area contributed by atoms with E-state index in [1.165, 1.54) is 0 Å². The number of hydrogen-bond acceptors (Lipinski definition) is 5. The molecule has 5 nitrogen and oxygen atoms in total. The largest absolute Gasteiger partial charge is 0.476 e. The molecule has 108 valence electrons. The van der Waals surface area contributed by atoms with Crippen molar-refractivity contribution in [2.24, 2.45) is 11.8 Å². The fraction of sp³-hybridized carbons (Fsp3) is 0.714. The van der Waals surface area contributed by atoms with Gasteiger partial charge in [0.05, 0.1) is 0 Å². The van der Waals surface area contributed by atoms with E-state index in [4.69, 9.17) is 10.5 Å². The van der Waals surface area contributed by atoms with Crippen LogP contribution < -0.4 is 10.5 Å². The minimum atomic E-state index is 0.249. The number of hydrogen-bond donors (Lipinski definition) is 1. The summed E-state index contributed by atoms with van der Waals surface area (Å²) >= 11 is 0. The molecule has 0 atom stereocenters. The van der Waals surface area contributed by atoms with Gasteiger partial charge in [-0.1, -0.05) is 27.7 Å². The molecule has 0 saturated heterocycles. The second kappa shape index (κ2) is 7.94. The van der Waals surface area contributed by atoms with Crippen LogP contribution in [-0.2, 0) is 0 Å². The second-order valence-corrected chi connectivity index (χ2v) is 5.65. The maximum absolute atomic E-state index is 5.61. The highest BCUT2D eigenvalue weighted by Crippen LogP contribution is 2.07. The molecule has 1 heterocycles. The van der Waals surface area contributed by atoms with Gasteiger partial charge in [0.25, 0.3) is 0 Å². The smallest absolute Gasteiger partial charge is 0.223 e. The molecule has 1 rings (SSSR count). The Morgan fingerprint density at radius 2 is 1.84 bits per heavy atom. The molecule has 0 amide bonds. The van der Waals surface area contributed by atoms with Crippen LogP contribution >= 0.6 is 0 Å². The Balaban J connectivity index is 2.38. The van der Waals surface area contributed by atoms with Crippen LogP contribution in [0, 0.1) is 11.8 Å². The third kappa shape index (κ3) is 6.96. The predicted octanol–water partition coefficient (Wildman–Crippen LogP) is 2.05. The van der Waals surface area contributed by atoms with Crippen LogP contribution in [0.4, 0.5) is 5.95 Å². The number of anilines is 1. The Morgan fingerprint density at radius 3 is 2.37 bits per heavy atom. The number of rotatable bonds is 8. The summed E-state index contributed by atoms with van der Waals surface area (Å²) in [7, 11) is 0. The first-order chi connectivity index (χ1) is 8.97.